The molecule has 1 aromatic rings. The van der Waals surface area contributed by atoms with Crippen LogP contribution in [0.2, 0.25) is 0 Å². The van der Waals surface area contributed by atoms with E-state index in [0.29, 0.717) is 5.92 Å². The Morgan fingerprint density at radius 2 is 2.06 bits per heavy atom. The number of nitrogens with two attached hydrogens (primary N) is 1. The summed E-state index contributed by atoms with van der Waals surface area (Å²) >= 11 is 0. The first-order chi connectivity index (χ1) is 7.86. The van der Waals surface area contributed by atoms with Crippen molar-refractivity contribution in [3.05, 3.63) is 11.8 Å². The monoisotopic (exact) mass is 246 g/mol. The minimum absolute atomic E-state index is 0.102. The molecule has 1 aliphatic carbocycles. The molecule has 0 aromatic carbocycles. The van der Waals surface area contributed by atoms with E-state index in [1.807, 2.05) is 6.92 Å². The van der Waals surface area contributed by atoms with Gasteiger partial charge in [0.25, 0.3) is 0 Å². The summed E-state index contributed by atoms with van der Waals surface area (Å²) in [5.74, 6) is 0.273. The first kappa shape index (κ1) is 11.9. The van der Waals surface area contributed by atoms with E-state index in [1.54, 1.807) is 0 Å². The molecule has 17 heavy (non-hydrogen) atoms. The molecule has 1 saturated carbocycles. The van der Waals surface area contributed by atoms with Crippen LogP contribution >= 0.6 is 0 Å². The van der Waals surface area contributed by atoms with E-state index in [2.05, 4.69) is 15.3 Å². The van der Waals surface area contributed by atoms with Crippen molar-refractivity contribution in [2.45, 2.75) is 32.0 Å². The summed E-state index contributed by atoms with van der Waals surface area (Å²) in [5.41, 5.74) is 4.24. The first-order valence-electron chi connectivity index (χ1n) is 5.34. The molecule has 0 radical (unpaired) electrons. The number of nitrogen functional groups attached to an aromatic ring is 1. The van der Waals surface area contributed by atoms with Gasteiger partial charge in [-0.3, -0.25) is 0 Å². The number of nitrogens with zero attached hydrogens (tertiary/aromatic N) is 2. The van der Waals surface area contributed by atoms with Crippen LogP contribution in [0.1, 0.15) is 25.5 Å². The Morgan fingerprint density at radius 3 is 2.59 bits per heavy atom. The Bertz CT molecular complexity index is 415. The normalized spacial score (nSPS) is 17.9. The molecule has 0 amide bonds. The standard InChI is InChI=1S/C10H13F3N4/c1-5(6-2-3-6)15-8-4-7(10(11,12)13)16-9(14)17-8/h4-6H,2-3H2,1H3,(H3,14,15,16,17). The third-order valence-corrected chi connectivity index (χ3v) is 2.74. The lowest BCUT2D eigenvalue weighted by Gasteiger charge is -2.15. The molecular weight excluding hydrogens is 233 g/mol. The van der Waals surface area contributed by atoms with E-state index < -0.39 is 11.9 Å². The summed E-state index contributed by atoms with van der Waals surface area (Å²) in [5, 5.41) is 2.93. The van der Waals surface area contributed by atoms with Crippen LogP contribution in [0.25, 0.3) is 0 Å². The molecule has 1 fully saturated rings. The van der Waals surface area contributed by atoms with E-state index in [9.17, 15) is 13.2 Å². The molecular formula is C10H13F3N4. The molecule has 1 atom stereocenters. The number of halogens is 3. The van der Waals surface area contributed by atoms with Crippen LogP contribution in [0.3, 0.4) is 0 Å². The third-order valence-electron chi connectivity index (χ3n) is 2.74. The van der Waals surface area contributed by atoms with E-state index in [4.69, 9.17) is 5.73 Å². The second-order valence-electron chi connectivity index (χ2n) is 4.26. The van der Waals surface area contributed by atoms with Gasteiger partial charge in [-0.1, -0.05) is 0 Å². The topological polar surface area (TPSA) is 63.8 Å². The summed E-state index contributed by atoms with van der Waals surface area (Å²) in [6, 6.07) is 0.986. The summed E-state index contributed by atoms with van der Waals surface area (Å²) < 4.78 is 37.4. The van der Waals surface area contributed by atoms with Crippen LogP contribution in [0, 0.1) is 5.92 Å². The van der Waals surface area contributed by atoms with Gasteiger partial charge in [-0.15, -0.1) is 0 Å². The molecule has 1 aromatic heterocycles. The Balaban J connectivity index is 2.19. The number of hydrogen-bond donors (Lipinski definition) is 2. The summed E-state index contributed by atoms with van der Waals surface area (Å²) in [4.78, 5) is 6.93. The van der Waals surface area contributed by atoms with Gasteiger partial charge in [0.1, 0.15) is 5.82 Å². The molecule has 0 spiro atoms. The van der Waals surface area contributed by atoms with Gasteiger partial charge >= 0.3 is 6.18 Å². The van der Waals surface area contributed by atoms with Gasteiger partial charge < -0.3 is 11.1 Å². The van der Waals surface area contributed by atoms with Gasteiger partial charge in [0.2, 0.25) is 5.95 Å². The second kappa shape index (κ2) is 4.05. The average Bonchev–Trinajstić information content (AvgIpc) is 2.97. The Kier molecular flexibility index (Phi) is 2.84. The average molecular weight is 246 g/mol. The predicted octanol–water partition coefficient (Wildman–Crippen LogP) is 2.29. The van der Waals surface area contributed by atoms with Crippen LogP contribution in [0.5, 0.6) is 0 Å². The molecule has 4 nitrogen and oxygen atoms in total. The highest BCUT2D eigenvalue weighted by atomic mass is 19.4. The Labute approximate surface area is 96.4 Å². The van der Waals surface area contributed by atoms with Crippen molar-refractivity contribution < 1.29 is 13.2 Å². The highest BCUT2D eigenvalue weighted by Crippen LogP contribution is 2.34. The zero-order valence-electron chi connectivity index (χ0n) is 9.25. The van der Waals surface area contributed by atoms with Crippen LogP contribution in [0.4, 0.5) is 24.9 Å². The van der Waals surface area contributed by atoms with Gasteiger partial charge in [-0.25, -0.2) is 4.98 Å². The number of nitrogens with one attached hydrogen (secondary N) is 1. The second-order valence-corrected chi connectivity index (χ2v) is 4.26. The van der Waals surface area contributed by atoms with Crippen molar-refractivity contribution in [2.75, 3.05) is 11.1 Å². The van der Waals surface area contributed by atoms with Crippen molar-refractivity contribution in [3.63, 3.8) is 0 Å². The smallest absolute Gasteiger partial charge is 0.368 e. The summed E-state index contributed by atoms with van der Waals surface area (Å²) in [7, 11) is 0. The lowest BCUT2D eigenvalue weighted by molar-refractivity contribution is -0.141. The molecule has 0 saturated heterocycles. The van der Waals surface area contributed by atoms with Crippen LogP contribution < -0.4 is 11.1 Å². The van der Waals surface area contributed by atoms with Gasteiger partial charge in [-0.05, 0) is 25.7 Å². The molecule has 1 heterocycles. The maximum absolute atomic E-state index is 12.5. The molecule has 1 unspecified atom stereocenters. The van der Waals surface area contributed by atoms with Crippen LogP contribution in [-0.4, -0.2) is 16.0 Å². The lowest BCUT2D eigenvalue weighted by atomic mass is 10.2. The van der Waals surface area contributed by atoms with Gasteiger partial charge in [0.05, 0.1) is 0 Å². The summed E-state index contributed by atoms with van der Waals surface area (Å²) in [6.07, 6.45) is -2.31. The molecule has 2 rings (SSSR count). The fourth-order valence-corrected chi connectivity index (χ4v) is 1.63. The van der Waals surface area contributed by atoms with Gasteiger partial charge in [0, 0.05) is 12.1 Å². The van der Waals surface area contributed by atoms with Gasteiger partial charge in [-0.2, -0.15) is 18.2 Å². The van der Waals surface area contributed by atoms with Crippen molar-refractivity contribution >= 4 is 11.8 Å². The zero-order valence-corrected chi connectivity index (χ0v) is 9.25. The number of anilines is 2. The van der Waals surface area contributed by atoms with Crippen molar-refractivity contribution in [2.24, 2.45) is 5.92 Å². The van der Waals surface area contributed by atoms with Crippen LogP contribution in [-0.2, 0) is 6.18 Å². The highest BCUT2D eigenvalue weighted by Gasteiger charge is 2.34. The molecule has 3 N–H and O–H groups in total. The zero-order chi connectivity index (χ0) is 12.6. The molecule has 94 valence electrons. The van der Waals surface area contributed by atoms with Crippen molar-refractivity contribution in [1.29, 1.82) is 0 Å². The number of rotatable bonds is 3. The largest absolute Gasteiger partial charge is 0.433 e. The maximum Gasteiger partial charge on any atom is 0.433 e. The Morgan fingerprint density at radius 1 is 1.41 bits per heavy atom. The van der Waals surface area contributed by atoms with E-state index in [1.165, 1.54) is 0 Å². The van der Waals surface area contributed by atoms with E-state index in [0.717, 1.165) is 18.9 Å². The van der Waals surface area contributed by atoms with E-state index >= 15 is 0 Å². The minimum Gasteiger partial charge on any atom is -0.368 e. The predicted molar refractivity (Wildman–Crippen MR) is 57.3 cm³/mol. The quantitative estimate of drug-likeness (QED) is 0.858. The third kappa shape index (κ3) is 2.98. The molecule has 1 aliphatic rings. The van der Waals surface area contributed by atoms with Crippen molar-refractivity contribution in [1.82, 2.24) is 9.97 Å². The van der Waals surface area contributed by atoms with Crippen molar-refractivity contribution in [3.8, 4) is 0 Å². The fraction of sp³-hybridized carbons (Fsp3) is 0.600. The summed E-state index contributed by atoms with van der Waals surface area (Å²) in [6.45, 7) is 1.92. The lowest BCUT2D eigenvalue weighted by Crippen LogP contribution is -2.20. The minimum atomic E-state index is -4.50. The number of hydrogen-bond acceptors (Lipinski definition) is 4. The van der Waals surface area contributed by atoms with E-state index in [-0.39, 0.29) is 17.8 Å². The number of aromatic nitrogens is 2. The SMILES string of the molecule is CC(Nc1cc(C(F)(F)F)nc(N)n1)C1CC1. The highest BCUT2D eigenvalue weighted by molar-refractivity contribution is 5.42. The number of alkyl halides is 3. The first-order valence-corrected chi connectivity index (χ1v) is 5.34. The molecule has 7 heteroatoms. The molecule has 0 aliphatic heterocycles. The fourth-order valence-electron chi connectivity index (χ4n) is 1.63. The maximum atomic E-state index is 12.5. The Hall–Kier alpha value is -1.53. The molecule has 0 bridgehead atoms. The van der Waals surface area contributed by atoms with Crippen LogP contribution in [0.15, 0.2) is 6.07 Å². The van der Waals surface area contributed by atoms with Gasteiger partial charge in [0.15, 0.2) is 5.69 Å².